The summed E-state index contributed by atoms with van der Waals surface area (Å²) in [6, 6.07) is 20.3. The van der Waals surface area contributed by atoms with Crippen LogP contribution in [0.4, 0.5) is 0 Å². The van der Waals surface area contributed by atoms with Crippen molar-refractivity contribution in [1.29, 1.82) is 5.26 Å². The van der Waals surface area contributed by atoms with Gasteiger partial charge in [-0.1, -0.05) is 61.5 Å². The Morgan fingerprint density at radius 2 is 1.82 bits per heavy atom. The van der Waals surface area contributed by atoms with Crippen LogP contribution in [0.3, 0.4) is 0 Å². The van der Waals surface area contributed by atoms with Crippen LogP contribution in [0.1, 0.15) is 63.2 Å². The number of thiazole rings is 1. The van der Waals surface area contributed by atoms with Crippen LogP contribution in [-0.2, 0) is 29.6 Å². The molecule has 0 bridgehead atoms. The molecule has 1 heterocycles. The number of benzene rings is 2. The zero-order valence-electron chi connectivity index (χ0n) is 19.2. The fraction of sp³-hybridized carbons (Fsp3) is 0.333. The van der Waals surface area contributed by atoms with Gasteiger partial charge in [-0.15, -0.1) is 11.3 Å². The third-order valence-corrected chi connectivity index (χ3v) is 7.34. The number of amides is 1. The number of carboxylic acid groups (broad SMARTS) is 1. The summed E-state index contributed by atoms with van der Waals surface area (Å²) in [5.74, 6) is -1.17. The molecule has 0 aliphatic heterocycles. The molecule has 0 unspecified atom stereocenters. The van der Waals surface area contributed by atoms with Gasteiger partial charge >= 0.3 is 5.97 Å². The van der Waals surface area contributed by atoms with Gasteiger partial charge in [0.1, 0.15) is 16.0 Å². The first-order chi connectivity index (χ1) is 16.5. The van der Waals surface area contributed by atoms with Crippen molar-refractivity contribution in [2.24, 2.45) is 0 Å². The normalized spacial score (nSPS) is 13.8. The van der Waals surface area contributed by atoms with Crippen LogP contribution >= 0.6 is 11.3 Å². The van der Waals surface area contributed by atoms with Gasteiger partial charge in [0, 0.05) is 6.54 Å². The first-order valence-corrected chi connectivity index (χ1v) is 12.3. The summed E-state index contributed by atoms with van der Waals surface area (Å²) >= 11 is 1.05. The molecule has 7 heteroatoms. The zero-order chi connectivity index (χ0) is 24.1. The number of nitrogens with zero attached hydrogens (tertiary/aromatic N) is 3. The maximum atomic E-state index is 13.8. The molecule has 6 nitrogen and oxygen atoms in total. The van der Waals surface area contributed by atoms with Gasteiger partial charge in [0.15, 0.2) is 5.69 Å². The summed E-state index contributed by atoms with van der Waals surface area (Å²) in [5, 5.41) is 19.1. The van der Waals surface area contributed by atoms with E-state index in [0.29, 0.717) is 11.6 Å². The molecule has 0 atom stereocenters. The van der Waals surface area contributed by atoms with Crippen molar-refractivity contribution in [3.05, 3.63) is 86.9 Å². The number of aryl methyl sites for hydroxylation is 2. The van der Waals surface area contributed by atoms with Gasteiger partial charge in [-0.2, -0.15) is 5.26 Å². The number of aromatic carboxylic acids is 1. The van der Waals surface area contributed by atoms with E-state index in [1.54, 1.807) is 4.90 Å². The van der Waals surface area contributed by atoms with E-state index in [1.165, 1.54) is 11.1 Å². The minimum atomic E-state index is -1.23. The number of hydrogen-bond donors (Lipinski definition) is 1. The molecule has 0 radical (unpaired) electrons. The maximum absolute atomic E-state index is 13.8. The Hall–Kier alpha value is -3.50. The molecule has 0 saturated heterocycles. The number of hydrogen-bond acceptors (Lipinski definition) is 5. The van der Waals surface area contributed by atoms with Crippen LogP contribution in [0.15, 0.2) is 54.6 Å². The first kappa shape index (κ1) is 23.7. The highest BCUT2D eigenvalue weighted by molar-refractivity contribution is 7.12. The van der Waals surface area contributed by atoms with Crippen LogP contribution < -0.4 is 0 Å². The van der Waals surface area contributed by atoms with Crippen molar-refractivity contribution in [3.63, 3.8) is 0 Å². The molecule has 1 aliphatic rings. The van der Waals surface area contributed by atoms with Gasteiger partial charge in [-0.3, -0.25) is 4.79 Å². The lowest BCUT2D eigenvalue weighted by Crippen LogP contribution is -2.39. The molecule has 34 heavy (non-hydrogen) atoms. The Labute approximate surface area is 203 Å². The Bertz CT molecular complexity index is 1210. The van der Waals surface area contributed by atoms with Crippen LogP contribution in [-0.4, -0.2) is 33.4 Å². The Kier molecular flexibility index (Phi) is 7.09. The van der Waals surface area contributed by atoms with Crippen molar-refractivity contribution in [3.8, 4) is 6.07 Å². The van der Waals surface area contributed by atoms with E-state index >= 15 is 0 Å². The molecule has 0 spiro atoms. The maximum Gasteiger partial charge on any atom is 0.356 e. The van der Waals surface area contributed by atoms with Crippen LogP contribution in [0, 0.1) is 11.3 Å². The fourth-order valence-electron chi connectivity index (χ4n) is 4.30. The third kappa shape index (κ3) is 5.02. The van der Waals surface area contributed by atoms with Crippen molar-refractivity contribution in [2.75, 3.05) is 6.54 Å². The average Bonchev–Trinajstić information content (AvgIpc) is 3.57. The number of aromatic nitrogens is 1. The summed E-state index contributed by atoms with van der Waals surface area (Å²) in [6.45, 7) is 2.85. The molecule has 1 saturated carbocycles. The topological polar surface area (TPSA) is 94.3 Å². The largest absolute Gasteiger partial charge is 0.476 e. The number of carbonyl (C=O) groups excluding carboxylic acids is 1. The van der Waals surface area contributed by atoms with Crippen molar-refractivity contribution in [2.45, 2.75) is 51.0 Å². The van der Waals surface area contributed by atoms with Crippen molar-refractivity contribution >= 4 is 23.2 Å². The number of carbonyl (C=O) groups is 2. The zero-order valence-corrected chi connectivity index (χ0v) is 20.0. The van der Waals surface area contributed by atoms with Crippen LogP contribution in [0.5, 0.6) is 0 Å². The van der Waals surface area contributed by atoms with Gasteiger partial charge in [-0.05, 0) is 48.8 Å². The average molecular weight is 474 g/mol. The second-order valence-electron chi connectivity index (χ2n) is 8.65. The van der Waals surface area contributed by atoms with E-state index in [0.717, 1.165) is 49.0 Å². The minimum Gasteiger partial charge on any atom is -0.476 e. The molecule has 1 N–H and O–H groups in total. The number of nitriles is 1. The van der Waals surface area contributed by atoms with Gasteiger partial charge < -0.3 is 10.0 Å². The lowest BCUT2D eigenvalue weighted by atomic mass is 9.93. The molecule has 1 aliphatic carbocycles. The second kappa shape index (κ2) is 10.2. The highest BCUT2D eigenvalue weighted by Crippen LogP contribution is 2.50. The van der Waals surface area contributed by atoms with Gasteiger partial charge in [-0.25, -0.2) is 9.78 Å². The molecule has 1 fully saturated rings. The third-order valence-electron chi connectivity index (χ3n) is 6.40. The van der Waals surface area contributed by atoms with E-state index in [2.05, 4.69) is 48.3 Å². The predicted octanol–water partition coefficient (Wildman–Crippen LogP) is 4.97. The number of rotatable bonds is 10. The summed E-state index contributed by atoms with van der Waals surface area (Å²) in [5.41, 5.74) is 2.71. The SMILES string of the molecule is CCc1ccc(C2(C(=O)N(CCCc3ccccc3)Cc3nc(C(=O)O)c(C#N)s3)CC2)cc1. The molecule has 3 aromatic rings. The van der Waals surface area contributed by atoms with E-state index in [1.807, 2.05) is 24.3 Å². The van der Waals surface area contributed by atoms with E-state index in [-0.39, 0.29) is 23.0 Å². The molecule has 2 aromatic carbocycles. The van der Waals surface area contributed by atoms with Crippen LogP contribution in [0.25, 0.3) is 0 Å². The lowest BCUT2D eigenvalue weighted by Gasteiger charge is -2.27. The van der Waals surface area contributed by atoms with Gasteiger partial charge in [0.05, 0.1) is 12.0 Å². The molecule has 1 aromatic heterocycles. The van der Waals surface area contributed by atoms with Gasteiger partial charge in [0.2, 0.25) is 5.91 Å². The van der Waals surface area contributed by atoms with E-state index in [9.17, 15) is 20.0 Å². The van der Waals surface area contributed by atoms with Crippen molar-refractivity contribution < 1.29 is 14.7 Å². The highest BCUT2D eigenvalue weighted by Gasteiger charge is 2.53. The lowest BCUT2D eigenvalue weighted by molar-refractivity contribution is -0.134. The summed E-state index contributed by atoms with van der Waals surface area (Å²) in [7, 11) is 0. The smallest absolute Gasteiger partial charge is 0.356 e. The fourth-order valence-corrected chi connectivity index (χ4v) is 5.17. The minimum absolute atomic E-state index is 0.0513. The Morgan fingerprint density at radius 1 is 1.12 bits per heavy atom. The monoisotopic (exact) mass is 473 g/mol. The second-order valence-corrected chi connectivity index (χ2v) is 9.73. The standard InChI is InChI=1S/C27H27N3O3S/c1-2-19-10-12-21(13-11-19)27(14-15-27)26(33)30(16-6-9-20-7-4-3-5-8-20)18-23-29-24(25(31)32)22(17-28)34-23/h3-5,7-8,10-13H,2,6,9,14-16,18H2,1H3,(H,31,32). The van der Waals surface area contributed by atoms with E-state index < -0.39 is 11.4 Å². The number of carboxylic acids is 1. The molecular weight excluding hydrogens is 446 g/mol. The molecule has 174 valence electrons. The summed E-state index contributed by atoms with van der Waals surface area (Å²) in [4.78, 5) is 31.3. The summed E-state index contributed by atoms with van der Waals surface area (Å²) in [6.07, 6.45) is 4.17. The Balaban J connectivity index is 1.57. The highest BCUT2D eigenvalue weighted by atomic mass is 32.1. The van der Waals surface area contributed by atoms with Crippen molar-refractivity contribution in [1.82, 2.24) is 9.88 Å². The first-order valence-electron chi connectivity index (χ1n) is 11.5. The molecular formula is C27H27N3O3S. The van der Waals surface area contributed by atoms with E-state index in [4.69, 9.17) is 0 Å². The quantitative estimate of drug-likeness (QED) is 0.449. The van der Waals surface area contributed by atoms with Crippen LogP contribution in [0.2, 0.25) is 0 Å². The summed E-state index contributed by atoms with van der Waals surface area (Å²) < 4.78 is 0. The Morgan fingerprint density at radius 3 is 2.38 bits per heavy atom. The molecule has 1 amide bonds. The predicted molar refractivity (Wildman–Crippen MR) is 131 cm³/mol. The van der Waals surface area contributed by atoms with Gasteiger partial charge in [0.25, 0.3) is 0 Å². The molecule has 4 rings (SSSR count).